The van der Waals surface area contributed by atoms with Gasteiger partial charge >= 0.3 is 0 Å². The third kappa shape index (κ3) is 3.83. The number of piperidine rings is 1. The third-order valence-electron chi connectivity index (χ3n) is 5.77. The molecule has 2 fully saturated rings. The van der Waals surface area contributed by atoms with Gasteiger partial charge in [0.1, 0.15) is 5.58 Å². The van der Waals surface area contributed by atoms with Crippen LogP contribution in [0.15, 0.2) is 39.5 Å². The smallest absolute Gasteiger partial charge is 0.287 e. The first-order chi connectivity index (χ1) is 12.7. The van der Waals surface area contributed by atoms with E-state index in [2.05, 4.69) is 10.2 Å². The number of fused-ring (bicyclic) bond motifs is 1. The van der Waals surface area contributed by atoms with Crippen LogP contribution >= 0.6 is 0 Å². The van der Waals surface area contributed by atoms with Gasteiger partial charge in [0.2, 0.25) is 0 Å². The highest BCUT2D eigenvalue weighted by Crippen LogP contribution is 2.26. The molecular weight excluding hydrogens is 328 g/mol. The molecule has 1 aromatic heterocycles. The molecule has 138 valence electrons. The summed E-state index contributed by atoms with van der Waals surface area (Å²) in [7, 11) is 0. The average Bonchev–Trinajstić information content (AvgIpc) is 3.16. The number of carbonyl (C=O) groups excluding carboxylic acids is 1. The van der Waals surface area contributed by atoms with E-state index in [0.29, 0.717) is 11.0 Å². The fourth-order valence-corrected chi connectivity index (χ4v) is 4.29. The van der Waals surface area contributed by atoms with Gasteiger partial charge in [-0.15, -0.1) is 0 Å². The molecule has 0 unspecified atom stereocenters. The molecule has 2 heterocycles. The molecule has 1 aromatic carbocycles. The van der Waals surface area contributed by atoms with E-state index < -0.39 is 0 Å². The van der Waals surface area contributed by atoms with Crippen LogP contribution in [0.1, 0.15) is 49.1 Å². The SMILES string of the molecule is O=C(NC1CCN(CC2CCCC2)CC1)c1cc(=O)c2ccccc2o1. The molecule has 2 aromatic rings. The van der Waals surface area contributed by atoms with Gasteiger partial charge in [-0.3, -0.25) is 9.59 Å². The molecule has 5 nitrogen and oxygen atoms in total. The van der Waals surface area contributed by atoms with Gasteiger partial charge in [-0.2, -0.15) is 0 Å². The molecule has 4 rings (SSSR count). The van der Waals surface area contributed by atoms with E-state index in [1.165, 1.54) is 38.3 Å². The fourth-order valence-electron chi connectivity index (χ4n) is 4.29. The lowest BCUT2D eigenvalue weighted by Crippen LogP contribution is -2.45. The van der Waals surface area contributed by atoms with E-state index in [1.807, 2.05) is 0 Å². The summed E-state index contributed by atoms with van der Waals surface area (Å²) in [5, 5.41) is 3.55. The minimum Gasteiger partial charge on any atom is -0.451 e. The Morgan fingerprint density at radius 2 is 1.85 bits per heavy atom. The quantitative estimate of drug-likeness (QED) is 0.916. The number of carbonyl (C=O) groups is 1. The number of benzene rings is 1. The second kappa shape index (κ2) is 7.62. The highest BCUT2D eigenvalue weighted by molar-refractivity contribution is 5.93. The van der Waals surface area contributed by atoms with Crippen molar-refractivity contribution in [3.63, 3.8) is 0 Å². The van der Waals surface area contributed by atoms with Crippen molar-refractivity contribution in [3.05, 3.63) is 46.3 Å². The fraction of sp³-hybridized carbons (Fsp3) is 0.524. The molecule has 0 spiro atoms. The highest BCUT2D eigenvalue weighted by Gasteiger charge is 2.25. The second-order valence-corrected chi connectivity index (χ2v) is 7.67. The second-order valence-electron chi connectivity index (χ2n) is 7.67. The van der Waals surface area contributed by atoms with Crippen LogP contribution in [0.2, 0.25) is 0 Å². The minimum atomic E-state index is -0.290. The van der Waals surface area contributed by atoms with Crippen molar-refractivity contribution in [2.45, 2.75) is 44.6 Å². The summed E-state index contributed by atoms with van der Waals surface area (Å²) in [6.07, 6.45) is 7.42. The Labute approximate surface area is 153 Å². The number of hydrogen-bond donors (Lipinski definition) is 1. The predicted molar refractivity (Wildman–Crippen MR) is 101 cm³/mol. The zero-order valence-corrected chi connectivity index (χ0v) is 15.1. The number of hydrogen-bond acceptors (Lipinski definition) is 4. The number of nitrogens with zero attached hydrogens (tertiary/aromatic N) is 1. The van der Waals surface area contributed by atoms with Crippen molar-refractivity contribution < 1.29 is 9.21 Å². The minimum absolute atomic E-state index is 0.0992. The number of nitrogens with one attached hydrogen (secondary N) is 1. The Kier molecular flexibility index (Phi) is 5.07. The molecule has 0 atom stereocenters. The van der Waals surface area contributed by atoms with Crippen LogP contribution in [-0.2, 0) is 0 Å². The van der Waals surface area contributed by atoms with Crippen LogP contribution in [0, 0.1) is 5.92 Å². The third-order valence-corrected chi connectivity index (χ3v) is 5.77. The van der Waals surface area contributed by atoms with Crippen LogP contribution in [0.3, 0.4) is 0 Å². The van der Waals surface area contributed by atoms with Crippen molar-refractivity contribution in [1.82, 2.24) is 10.2 Å². The lowest BCUT2D eigenvalue weighted by Gasteiger charge is -2.33. The van der Waals surface area contributed by atoms with Gasteiger partial charge in [0.15, 0.2) is 11.2 Å². The van der Waals surface area contributed by atoms with Crippen LogP contribution in [-0.4, -0.2) is 36.5 Å². The number of amides is 1. The Morgan fingerprint density at radius 1 is 1.12 bits per heavy atom. The molecule has 1 saturated carbocycles. The van der Waals surface area contributed by atoms with E-state index in [1.54, 1.807) is 24.3 Å². The van der Waals surface area contributed by atoms with Crippen LogP contribution in [0.4, 0.5) is 0 Å². The monoisotopic (exact) mass is 354 g/mol. The Hall–Kier alpha value is -2.14. The highest BCUT2D eigenvalue weighted by atomic mass is 16.3. The van der Waals surface area contributed by atoms with Crippen LogP contribution in [0.5, 0.6) is 0 Å². The zero-order chi connectivity index (χ0) is 17.9. The van der Waals surface area contributed by atoms with Gasteiger partial charge in [-0.05, 0) is 43.7 Å². The molecule has 1 aliphatic carbocycles. The first-order valence-corrected chi connectivity index (χ1v) is 9.75. The van der Waals surface area contributed by atoms with Gasteiger partial charge in [-0.25, -0.2) is 0 Å². The molecule has 0 radical (unpaired) electrons. The lowest BCUT2D eigenvalue weighted by atomic mass is 10.0. The first kappa shape index (κ1) is 17.3. The van der Waals surface area contributed by atoms with E-state index in [0.717, 1.165) is 31.8 Å². The number of likely N-dealkylation sites (tertiary alicyclic amines) is 1. The molecule has 2 aliphatic rings. The van der Waals surface area contributed by atoms with Gasteiger partial charge in [0.05, 0.1) is 5.39 Å². The maximum absolute atomic E-state index is 12.5. The lowest BCUT2D eigenvalue weighted by molar-refractivity contribution is 0.0878. The Balaban J connectivity index is 1.34. The molecule has 5 heteroatoms. The summed E-state index contributed by atoms with van der Waals surface area (Å²) in [6, 6.07) is 8.47. The number of rotatable bonds is 4. The standard InChI is InChI=1S/C21H26N2O3/c24-18-13-20(26-19-8-4-3-7-17(18)19)21(25)22-16-9-11-23(12-10-16)14-15-5-1-2-6-15/h3-4,7-8,13,15-16H,1-2,5-6,9-12,14H2,(H,22,25). The van der Waals surface area contributed by atoms with Crippen molar-refractivity contribution in [3.8, 4) is 0 Å². The van der Waals surface area contributed by atoms with E-state index in [9.17, 15) is 9.59 Å². The molecule has 0 bridgehead atoms. The summed E-state index contributed by atoms with van der Waals surface area (Å²) in [6.45, 7) is 3.27. The maximum atomic E-state index is 12.5. The van der Waals surface area contributed by atoms with Crippen LogP contribution < -0.4 is 10.7 Å². The average molecular weight is 354 g/mol. The summed E-state index contributed by atoms with van der Waals surface area (Å²) in [5.41, 5.74) is 0.278. The maximum Gasteiger partial charge on any atom is 0.287 e. The molecule has 1 saturated heterocycles. The van der Waals surface area contributed by atoms with Crippen molar-refractivity contribution in [2.24, 2.45) is 5.92 Å². The number of para-hydroxylation sites is 1. The van der Waals surface area contributed by atoms with Crippen molar-refractivity contribution in [1.29, 1.82) is 0 Å². The summed E-state index contributed by atoms with van der Waals surface area (Å²) < 4.78 is 5.63. The summed E-state index contributed by atoms with van der Waals surface area (Å²) in [5.74, 6) is 0.678. The normalized spacial score (nSPS) is 19.8. The van der Waals surface area contributed by atoms with Crippen molar-refractivity contribution >= 4 is 16.9 Å². The molecule has 1 aliphatic heterocycles. The molecule has 26 heavy (non-hydrogen) atoms. The Morgan fingerprint density at radius 3 is 2.62 bits per heavy atom. The molecule has 1 N–H and O–H groups in total. The molecular formula is C21H26N2O3. The van der Waals surface area contributed by atoms with E-state index >= 15 is 0 Å². The zero-order valence-electron chi connectivity index (χ0n) is 15.1. The topological polar surface area (TPSA) is 62.6 Å². The van der Waals surface area contributed by atoms with Gasteiger partial charge in [0.25, 0.3) is 5.91 Å². The van der Waals surface area contributed by atoms with Gasteiger partial charge in [-0.1, -0.05) is 25.0 Å². The van der Waals surface area contributed by atoms with E-state index in [-0.39, 0.29) is 23.1 Å². The largest absolute Gasteiger partial charge is 0.451 e. The summed E-state index contributed by atoms with van der Waals surface area (Å²) in [4.78, 5) is 27.2. The van der Waals surface area contributed by atoms with Gasteiger partial charge in [0, 0.05) is 31.7 Å². The van der Waals surface area contributed by atoms with Gasteiger partial charge < -0.3 is 14.6 Å². The van der Waals surface area contributed by atoms with Crippen molar-refractivity contribution in [2.75, 3.05) is 19.6 Å². The van der Waals surface area contributed by atoms with E-state index in [4.69, 9.17) is 4.42 Å². The first-order valence-electron chi connectivity index (χ1n) is 9.75. The summed E-state index contributed by atoms with van der Waals surface area (Å²) >= 11 is 0. The molecule has 1 amide bonds. The van der Waals surface area contributed by atoms with Crippen LogP contribution in [0.25, 0.3) is 11.0 Å². The Bertz CT molecular complexity index is 831. The predicted octanol–water partition coefficient (Wildman–Crippen LogP) is 3.18.